The molecule has 0 bridgehead atoms. The van der Waals surface area contributed by atoms with E-state index < -0.39 is 0 Å². The highest BCUT2D eigenvalue weighted by molar-refractivity contribution is 5.94. The second kappa shape index (κ2) is 7.45. The van der Waals surface area contributed by atoms with Crippen molar-refractivity contribution in [3.63, 3.8) is 0 Å². The molecule has 126 valence electrons. The van der Waals surface area contributed by atoms with E-state index in [-0.39, 0.29) is 23.1 Å². The molecule has 24 heavy (non-hydrogen) atoms. The molecule has 1 unspecified atom stereocenters. The Bertz CT molecular complexity index is 749. The normalized spacial score (nSPS) is 16.0. The fraction of sp³-hybridized carbons (Fsp3) is 0.368. The van der Waals surface area contributed by atoms with E-state index in [2.05, 4.69) is 15.2 Å². The zero-order valence-electron chi connectivity index (χ0n) is 13.9. The minimum Gasteiger partial charge on any atom is -0.344 e. The van der Waals surface area contributed by atoms with Crippen molar-refractivity contribution in [1.82, 2.24) is 15.2 Å². The molecule has 0 radical (unpaired) electrons. The fourth-order valence-corrected chi connectivity index (χ4v) is 3.13. The number of carbonyl (C=O) groups excluding carboxylic acids is 1. The number of pyridine rings is 1. The molecule has 2 heterocycles. The number of H-pyrrole nitrogens is 1. The van der Waals surface area contributed by atoms with Crippen LogP contribution < -0.4 is 10.9 Å². The van der Waals surface area contributed by atoms with Crippen molar-refractivity contribution in [1.29, 1.82) is 0 Å². The average Bonchev–Trinajstić information content (AvgIpc) is 3.08. The van der Waals surface area contributed by atoms with Gasteiger partial charge in [-0.1, -0.05) is 30.3 Å². The highest BCUT2D eigenvalue weighted by Gasteiger charge is 2.22. The molecule has 1 aromatic heterocycles. The second-order valence-electron chi connectivity index (χ2n) is 6.33. The minimum absolute atomic E-state index is 0.127. The molecule has 0 spiro atoms. The van der Waals surface area contributed by atoms with Gasteiger partial charge in [0.1, 0.15) is 5.56 Å². The third-order valence-corrected chi connectivity index (χ3v) is 4.45. The van der Waals surface area contributed by atoms with Crippen LogP contribution in [-0.4, -0.2) is 35.4 Å². The summed E-state index contributed by atoms with van der Waals surface area (Å²) in [5, 5.41) is 3.04. The standard InChI is InChI=1S/C19H23N3O2/c1-14-9-10-16(18(23)20-14)19(24)21-17(13-22-11-5-6-12-22)15-7-3-2-4-8-15/h2-4,7-10,17H,5-6,11-13H2,1H3,(H,20,23)(H,21,24). The van der Waals surface area contributed by atoms with E-state index in [1.165, 1.54) is 12.8 Å². The van der Waals surface area contributed by atoms with Gasteiger partial charge in [-0.3, -0.25) is 9.59 Å². The summed E-state index contributed by atoms with van der Waals surface area (Å²) >= 11 is 0. The molecule has 5 nitrogen and oxygen atoms in total. The van der Waals surface area contributed by atoms with Crippen molar-refractivity contribution in [3.8, 4) is 0 Å². The maximum Gasteiger partial charge on any atom is 0.260 e. The molecule has 3 rings (SSSR count). The maximum atomic E-state index is 12.6. The van der Waals surface area contributed by atoms with Crippen molar-refractivity contribution < 1.29 is 4.79 Å². The molecule has 1 fully saturated rings. The number of benzene rings is 1. The number of aromatic amines is 1. The molecular formula is C19H23N3O2. The summed E-state index contributed by atoms with van der Waals surface area (Å²) in [4.78, 5) is 29.6. The Balaban J connectivity index is 1.80. The maximum absolute atomic E-state index is 12.6. The number of aromatic nitrogens is 1. The molecule has 1 aromatic carbocycles. The lowest BCUT2D eigenvalue weighted by Crippen LogP contribution is -2.38. The smallest absolute Gasteiger partial charge is 0.260 e. The van der Waals surface area contributed by atoms with E-state index >= 15 is 0 Å². The Morgan fingerprint density at radius 3 is 2.54 bits per heavy atom. The topological polar surface area (TPSA) is 65.2 Å². The lowest BCUT2D eigenvalue weighted by atomic mass is 10.1. The number of nitrogens with zero attached hydrogens (tertiary/aromatic N) is 1. The Morgan fingerprint density at radius 1 is 1.17 bits per heavy atom. The van der Waals surface area contributed by atoms with Gasteiger partial charge in [0.15, 0.2) is 0 Å². The summed E-state index contributed by atoms with van der Waals surface area (Å²) in [6.45, 7) is 4.68. The Hall–Kier alpha value is -2.40. The predicted octanol–water partition coefficient (Wildman–Crippen LogP) is 2.25. The first kappa shape index (κ1) is 16.5. The van der Waals surface area contributed by atoms with Crippen molar-refractivity contribution in [3.05, 3.63) is 69.6 Å². The SMILES string of the molecule is Cc1ccc(C(=O)NC(CN2CCCC2)c2ccccc2)c(=O)[nH]1. The van der Waals surface area contributed by atoms with Crippen molar-refractivity contribution >= 4 is 5.91 Å². The molecule has 0 saturated carbocycles. The van der Waals surface area contributed by atoms with Crippen LogP contribution in [0.15, 0.2) is 47.3 Å². The van der Waals surface area contributed by atoms with Crippen LogP contribution in [0.4, 0.5) is 0 Å². The third kappa shape index (κ3) is 3.92. The first-order valence-corrected chi connectivity index (χ1v) is 8.41. The van der Waals surface area contributed by atoms with Gasteiger partial charge in [-0.05, 0) is 50.6 Å². The molecule has 0 aliphatic carbocycles. The molecule has 1 aliphatic rings. The molecule has 2 N–H and O–H groups in total. The van der Waals surface area contributed by atoms with Gasteiger partial charge < -0.3 is 15.2 Å². The second-order valence-corrected chi connectivity index (χ2v) is 6.33. The monoisotopic (exact) mass is 325 g/mol. The number of hydrogen-bond acceptors (Lipinski definition) is 3. The van der Waals surface area contributed by atoms with Crippen LogP contribution in [0.1, 0.15) is 40.5 Å². The van der Waals surface area contributed by atoms with Gasteiger partial charge in [0.25, 0.3) is 11.5 Å². The Labute approximate surface area is 141 Å². The van der Waals surface area contributed by atoms with Crippen LogP contribution >= 0.6 is 0 Å². The highest BCUT2D eigenvalue weighted by Crippen LogP contribution is 2.18. The number of aryl methyl sites for hydroxylation is 1. The molecular weight excluding hydrogens is 302 g/mol. The van der Waals surface area contributed by atoms with Gasteiger partial charge in [0.05, 0.1) is 6.04 Å². The third-order valence-electron chi connectivity index (χ3n) is 4.45. The van der Waals surface area contributed by atoms with E-state index in [4.69, 9.17) is 0 Å². The number of rotatable bonds is 5. The van der Waals surface area contributed by atoms with Gasteiger partial charge in [0, 0.05) is 12.2 Å². The molecule has 1 atom stereocenters. The van der Waals surface area contributed by atoms with Gasteiger partial charge >= 0.3 is 0 Å². The number of hydrogen-bond donors (Lipinski definition) is 2. The molecule has 1 aliphatic heterocycles. The average molecular weight is 325 g/mol. The quantitative estimate of drug-likeness (QED) is 0.886. The zero-order valence-corrected chi connectivity index (χ0v) is 13.9. The van der Waals surface area contributed by atoms with Gasteiger partial charge in [-0.25, -0.2) is 0 Å². The van der Waals surface area contributed by atoms with E-state index in [0.717, 1.165) is 30.9 Å². The predicted molar refractivity (Wildman–Crippen MR) is 94.1 cm³/mol. The summed E-state index contributed by atoms with van der Waals surface area (Å²) in [6.07, 6.45) is 2.40. The van der Waals surface area contributed by atoms with Crippen LogP contribution in [0.25, 0.3) is 0 Å². The number of carbonyl (C=O) groups is 1. The lowest BCUT2D eigenvalue weighted by Gasteiger charge is -2.25. The number of amides is 1. The summed E-state index contributed by atoms with van der Waals surface area (Å²) in [6, 6.07) is 13.1. The van der Waals surface area contributed by atoms with Crippen molar-refractivity contribution in [2.45, 2.75) is 25.8 Å². The largest absolute Gasteiger partial charge is 0.344 e. The molecule has 1 amide bonds. The molecule has 2 aromatic rings. The van der Waals surface area contributed by atoms with Crippen LogP contribution in [0.5, 0.6) is 0 Å². The first-order valence-electron chi connectivity index (χ1n) is 8.41. The van der Waals surface area contributed by atoms with Gasteiger partial charge in [0.2, 0.25) is 0 Å². The lowest BCUT2D eigenvalue weighted by molar-refractivity contribution is 0.0925. The number of nitrogens with one attached hydrogen (secondary N) is 2. The van der Waals surface area contributed by atoms with Gasteiger partial charge in [-0.15, -0.1) is 0 Å². The zero-order chi connectivity index (χ0) is 16.9. The van der Waals surface area contributed by atoms with Gasteiger partial charge in [-0.2, -0.15) is 0 Å². The highest BCUT2D eigenvalue weighted by atomic mass is 16.2. The van der Waals surface area contributed by atoms with E-state index in [0.29, 0.717) is 0 Å². The Morgan fingerprint density at radius 2 is 1.88 bits per heavy atom. The molecule has 5 heteroatoms. The van der Waals surface area contributed by atoms with Crippen molar-refractivity contribution in [2.24, 2.45) is 0 Å². The summed E-state index contributed by atoms with van der Waals surface area (Å²) in [5.74, 6) is -0.329. The summed E-state index contributed by atoms with van der Waals surface area (Å²) < 4.78 is 0. The van der Waals surface area contributed by atoms with E-state index in [1.54, 1.807) is 19.1 Å². The van der Waals surface area contributed by atoms with E-state index in [1.807, 2.05) is 30.3 Å². The Kier molecular flexibility index (Phi) is 5.11. The summed E-state index contributed by atoms with van der Waals surface area (Å²) in [7, 11) is 0. The van der Waals surface area contributed by atoms with Crippen LogP contribution in [0.3, 0.4) is 0 Å². The number of likely N-dealkylation sites (tertiary alicyclic amines) is 1. The first-order chi connectivity index (χ1) is 11.6. The minimum atomic E-state index is -0.347. The fourth-order valence-electron chi connectivity index (χ4n) is 3.13. The van der Waals surface area contributed by atoms with Crippen LogP contribution in [0, 0.1) is 6.92 Å². The van der Waals surface area contributed by atoms with Crippen LogP contribution in [0.2, 0.25) is 0 Å². The van der Waals surface area contributed by atoms with Crippen molar-refractivity contribution in [2.75, 3.05) is 19.6 Å². The van der Waals surface area contributed by atoms with Crippen LogP contribution in [-0.2, 0) is 0 Å². The molecule has 1 saturated heterocycles. The summed E-state index contributed by atoms with van der Waals surface area (Å²) in [5.41, 5.74) is 1.61. The van der Waals surface area contributed by atoms with E-state index in [9.17, 15) is 9.59 Å².